The Morgan fingerprint density at radius 2 is 2.25 bits per heavy atom. The molecule has 0 spiro atoms. The van der Waals surface area contributed by atoms with Crippen LogP contribution in [0.1, 0.15) is 27.2 Å². The van der Waals surface area contributed by atoms with E-state index in [4.69, 9.17) is 9.52 Å². The molecule has 0 aliphatic carbocycles. The van der Waals surface area contributed by atoms with Crippen LogP contribution < -0.4 is 5.32 Å². The smallest absolute Gasteiger partial charge is 0.301 e. The van der Waals surface area contributed by atoms with Crippen molar-refractivity contribution in [3.8, 4) is 11.8 Å². The molecule has 102 valence electrons. The van der Waals surface area contributed by atoms with Crippen LogP contribution >= 0.6 is 0 Å². The number of hydrogen-bond donors (Lipinski definition) is 2. The molecule has 0 bridgehead atoms. The molecule has 5 nitrogen and oxygen atoms in total. The van der Waals surface area contributed by atoms with Crippen molar-refractivity contribution >= 4 is 11.9 Å². The zero-order valence-corrected chi connectivity index (χ0v) is 11.2. The molecule has 1 aromatic heterocycles. The van der Waals surface area contributed by atoms with Crippen LogP contribution in [-0.2, 0) is 0 Å². The lowest BCUT2D eigenvalue weighted by molar-refractivity contribution is 0.102. The predicted molar refractivity (Wildman–Crippen MR) is 74.3 cm³/mol. The lowest BCUT2D eigenvalue weighted by atomic mass is 10.1. The minimum absolute atomic E-state index is 0.175. The second kappa shape index (κ2) is 6.04. The highest BCUT2D eigenvalue weighted by atomic mass is 16.4. The predicted octanol–water partition coefficient (Wildman–Crippen LogP) is 1.89. The van der Waals surface area contributed by atoms with E-state index in [-0.39, 0.29) is 18.5 Å². The Labute approximate surface area is 116 Å². The first-order chi connectivity index (χ1) is 9.60. The quantitative estimate of drug-likeness (QED) is 0.817. The first-order valence-corrected chi connectivity index (χ1v) is 6.04. The van der Waals surface area contributed by atoms with Crippen LogP contribution in [0.5, 0.6) is 0 Å². The number of oxazole rings is 1. The van der Waals surface area contributed by atoms with Crippen molar-refractivity contribution in [2.45, 2.75) is 13.8 Å². The number of carbonyl (C=O) groups excluding carboxylic acids is 1. The number of aliphatic hydroxyl groups is 1. The Morgan fingerprint density at radius 1 is 1.45 bits per heavy atom. The van der Waals surface area contributed by atoms with Gasteiger partial charge >= 0.3 is 6.01 Å². The van der Waals surface area contributed by atoms with E-state index >= 15 is 0 Å². The number of nitrogens with zero attached hydrogens (tertiary/aromatic N) is 1. The van der Waals surface area contributed by atoms with Gasteiger partial charge in [0.15, 0.2) is 0 Å². The number of benzene rings is 1. The van der Waals surface area contributed by atoms with Crippen LogP contribution in [0.25, 0.3) is 0 Å². The van der Waals surface area contributed by atoms with Gasteiger partial charge in [-0.25, -0.2) is 0 Å². The van der Waals surface area contributed by atoms with Crippen molar-refractivity contribution in [2.75, 3.05) is 11.9 Å². The summed E-state index contributed by atoms with van der Waals surface area (Å²) in [6.45, 7) is 3.44. The zero-order chi connectivity index (χ0) is 14.5. The number of amides is 1. The summed E-state index contributed by atoms with van der Waals surface area (Å²) in [5.74, 6) is 5.10. The molecule has 0 saturated heterocycles. The second-order valence-corrected chi connectivity index (χ2v) is 4.24. The van der Waals surface area contributed by atoms with Crippen LogP contribution in [0.4, 0.5) is 6.01 Å². The monoisotopic (exact) mass is 270 g/mol. The van der Waals surface area contributed by atoms with E-state index in [1.54, 1.807) is 25.1 Å². The molecular weight excluding hydrogens is 256 g/mol. The standard InChI is InChI=1S/C15H14N2O3/c1-10-8-13(6-5-12(10)4-3-7-18)14(19)17-15-16-11(2)9-20-15/h5-6,8-9,18H,7H2,1-2H3,(H,16,17,19). The van der Waals surface area contributed by atoms with E-state index in [1.807, 2.05) is 6.92 Å². The average molecular weight is 270 g/mol. The van der Waals surface area contributed by atoms with Crippen LogP contribution in [0, 0.1) is 25.7 Å². The third-order valence-corrected chi connectivity index (χ3v) is 2.63. The lowest BCUT2D eigenvalue weighted by Gasteiger charge is -2.04. The summed E-state index contributed by atoms with van der Waals surface area (Å²) in [5, 5.41) is 11.2. The molecule has 20 heavy (non-hydrogen) atoms. The van der Waals surface area contributed by atoms with Gasteiger partial charge in [0.05, 0.1) is 5.69 Å². The highest BCUT2D eigenvalue weighted by molar-refractivity contribution is 6.03. The number of aliphatic hydroxyl groups excluding tert-OH is 1. The molecule has 1 aromatic carbocycles. The number of anilines is 1. The number of aromatic nitrogens is 1. The van der Waals surface area contributed by atoms with Crippen molar-refractivity contribution in [3.05, 3.63) is 46.8 Å². The number of aryl methyl sites for hydroxylation is 2. The summed E-state index contributed by atoms with van der Waals surface area (Å²) in [4.78, 5) is 16.0. The van der Waals surface area contributed by atoms with Crippen LogP contribution in [-0.4, -0.2) is 22.6 Å². The molecular formula is C15H14N2O3. The van der Waals surface area contributed by atoms with Gasteiger partial charge in [0.25, 0.3) is 5.91 Å². The number of carbonyl (C=O) groups is 1. The molecule has 2 N–H and O–H groups in total. The van der Waals surface area contributed by atoms with Crippen LogP contribution in [0.3, 0.4) is 0 Å². The summed E-state index contributed by atoms with van der Waals surface area (Å²) in [7, 11) is 0. The number of rotatable bonds is 2. The number of hydrogen-bond acceptors (Lipinski definition) is 4. The topological polar surface area (TPSA) is 75.4 Å². The van der Waals surface area contributed by atoms with Gasteiger partial charge in [0, 0.05) is 11.1 Å². The third kappa shape index (κ3) is 3.25. The van der Waals surface area contributed by atoms with Gasteiger partial charge < -0.3 is 9.52 Å². The Hall–Kier alpha value is -2.58. The molecule has 0 aliphatic rings. The van der Waals surface area contributed by atoms with Gasteiger partial charge in [0.1, 0.15) is 12.9 Å². The molecule has 1 amide bonds. The molecule has 0 saturated carbocycles. The second-order valence-electron chi connectivity index (χ2n) is 4.24. The Balaban J connectivity index is 2.16. The molecule has 0 atom stereocenters. The van der Waals surface area contributed by atoms with Gasteiger partial charge in [-0.1, -0.05) is 11.8 Å². The van der Waals surface area contributed by atoms with E-state index in [9.17, 15) is 4.79 Å². The van der Waals surface area contributed by atoms with E-state index in [1.165, 1.54) is 6.26 Å². The summed E-state index contributed by atoms with van der Waals surface area (Å²) in [6, 6.07) is 5.31. The molecule has 0 fully saturated rings. The lowest BCUT2D eigenvalue weighted by Crippen LogP contribution is -2.12. The molecule has 2 aromatic rings. The minimum atomic E-state index is -0.295. The van der Waals surface area contributed by atoms with Gasteiger partial charge in [-0.15, -0.1) is 0 Å². The zero-order valence-electron chi connectivity index (χ0n) is 11.2. The van der Waals surface area contributed by atoms with Crippen molar-refractivity contribution in [1.29, 1.82) is 0 Å². The summed E-state index contributed by atoms with van der Waals surface area (Å²) in [5.41, 5.74) is 2.84. The van der Waals surface area contributed by atoms with Crippen molar-refractivity contribution in [3.63, 3.8) is 0 Å². The molecule has 5 heteroatoms. The molecule has 1 heterocycles. The normalized spacial score (nSPS) is 9.75. The minimum Gasteiger partial charge on any atom is -0.432 e. The molecule has 0 radical (unpaired) electrons. The maximum absolute atomic E-state index is 12.0. The maximum Gasteiger partial charge on any atom is 0.301 e. The SMILES string of the molecule is Cc1coc(NC(=O)c2ccc(C#CCO)c(C)c2)n1. The fourth-order valence-corrected chi connectivity index (χ4v) is 1.66. The van der Waals surface area contributed by atoms with Crippen molar-refractivity contribution < 1.29 is 14.3 Å². The number of nitrogens with one attached hydrogen (secondary N) is 1. The summed E-state index contributed by atoms with van der Waals surface area (Å²) in [6.07, 6.45) is 1.47. The average Bonchev–Trinajstić information content (AvgIpc) is 2.82. The fourth-order valence-electron chi connectivity index (χ4n) is 1.66. The Morgan fingerprint density at radius 3 is 2.85 bits per heavy atom. The van der Waals surface area contributed by atoms with E-state index < -0.39 is 0 Å². The third-order valence-electron chi connectivity index (χ3n) is 2.63. The van der Waals surface area contributed by atoms with Crippen molar-refractivity contribution in [1.82, 2.24) is 4.98 Å². The van der Waals surface area contributed by atoms with Gasteiger partial charge in [0.2, 0.25) is 0 Å². The Bertz CT molecular complexity index is 693. The molecule has 0 aliphatic heterocycles. The fraction of sp³-hybridized carbons (Fsp3) is 0.200. The van der Waals surface area contributed by atoms with E-state index in [0.29, 0.717) is 11.3 Å². The summed E-state index contributed by atoms with van der Waals surface area (Å²) < 4.78 is 5.07. The maximum atomic E-state index is 12.0. The van der Waals surface area contributed by atoms with E-state index in [0.717, 1.165) is 11.1 Å². The largest absolute Gasteiger partial charge is 0.432 e. The molecule has 2 rings (SSSR count). The van der Waals surface area contributed by atoms with E-state index in [2.05, 4.69) is 22.1 Å². The first-order valence-electron chi connectivity index (χ1n) is 6.04. The highest BCUT2D eigenvalue weighted by Crippen LogP contribution is 2.13. The first kappa shape index (κ1) is 13.8. The van der Waals surface area contributed by atoms with Gasteiger partial charge in [-0.05, 0) is 37.6 Å². The summed E-state index contributed by atoms with van der Waals surface area (Å²) >= 11 is 0. The van der Waals surface area contributed by atoms with Crippen LogP contribution in [0.15, 0.2) is 28.9 Å². The Kier molecular flexibility index (Phi) is 4.18. The highest BCUT2D eigenvalue weighted by Gasteiger charge is 2.10. The van der Waals surface area contributed by atoms with Crippen LogP contribution in [0.2, 0.25) is 0 Å². The van der Waals surface area contributed by atoms with Gasteiger partial charge in [-0.3, -0.25) is 10.1 Å². The molecule has 0 unspecified atom stereocenters. The van der Waals surface area contributed by atoms with Gasteiger partial charge in [-0.2, -0.15) is 4.98 Å². The van der Waals surface area contributed by atoms with Crippen molar-refractivity contribution in [2.24, 2.45) is 0 Å².